The summed E-state index contributed by atoms with van der Waals surface area (Å²) in [6, 6.07) is 0. The van der Waals surface area contributed by atoms with Gasteiger partial charge in [-0.25, -0.2) is 9.67 Å². The molecule has 2 aliphatic heterocycles. The van der Waals surface area contributed by atoms with Gasteiger partial charge in [-0.05, 0) is 25.7 Å². The van der Waals surface area contributed by atoms with Gasteiger partial charge in [0.1, 0.15) is 55.7 Å². The van der Waals surface area contributed by atoms with E-state index in [-0.39, 0.29) is 12.4 Å². The molecule has 8 N–H and O–H groups in total. The molecule has 3 fully saturated rings. The van der Waals surface area contributed by atoms with Crippen molar-refractivity contribution in [2.45, 2.75) is 87.0 Å². The number of aliphatic hydroxyl groups is 6. The zero-order chi connectivity index (χ0) is 26.9. The lowest BCUT2D eigenvalue weighted by molar-refractivity contribution is -0.313. The van der Waals surface area contributed by atoms with E-state index in [1.54, 1.807) is 0 Å². The lowest BCUT2D eigenvalue weighted by Crippen LogP contribution is -2.59. The summed E-state index contributed by atoms with van der Waals surface area (Å²) in [6.45, 7) is -0.889. The Morgan fingerprint density at radius 3 is 2.27 bits per heavy atom. The van der Waals surface area contributed by atoms with Crippen LogP contribution < -0.4 is 5.73 Å². The van der Waals surface area contributed by atoms with E-state index >= 15 is 0 Å². The summed E-state index contributed by atoms with van der Waals surface area (Å²) in [7, 11) is 0. The first kappa shape index (κ1) is 27.7. The van der Waals surface area contributed by atoms with Crippen molar-refractivity contribution in [1.29, 1.82) is 0 Å². The van der Waals surface area contributed by atoms with Crippen LogP contribution in [0.15, 0.2) is 6.33 Å². The predicted octanol–water partition coefficient (Wildman–Crippen LogP) is -4.09. The van der Waals surface area contributed by atoms with Crippen molar-refractivity contribution in [1.82, 2.24) is 14.8 Å². The number of rotatable bonds is 8. The van der Waals surface area contributed by atoms with Gasteiger partial charge in [-0.3, -0.25) is 9.59 Å². The average molecular weight is 533 g/mol. The molecular formula is C21H32N4O12. The van der Waals surface area contributed by atoms with Crippen LogP contribution in [0.2, 0.25) is 0 Å². The lowest BCUT2D eigenvalue weighted by atomic mass is 9.87. The number of aromatic nitrogens is 3. The number of ether oxygens (including phenoxy) is 4. The molecule has 0 spiro atoms. The van der Waals surface area contributed by atoms with Crippen molar-refractivity contribution in [3.8, 4) is 0 Å². The van der Waals surface area contributed by atoms with Gasteiger partial charge in [0.15, 0.2) is 12.5 Å². The summed E-state index contributed by atoms with van der Waals surface area (Å²) in [5, 5.41) is 63.6. The van der Waals surface area contributed by atoms with Crippen molar-refractivity contribution in [2.75, 3.05) is 13.2 Å². The molecule has 1 saturated carbocycles. The third-order valence-corrected chi connectivity index (χ3v) is 6.90. The molecule has 16 heteroatoms. The van der Waals surface area contributed by atoms with Gasteiger partial charge in [0, 0.05) is 0 Å². The van der Waals surface area contributed by atoms with E-state index in [0.717, 1.165) is 11.0 Å². The summed E-state index contributed by atoms with van der Waals surface area (Å²) in [5.41, 5.74) is 5.11. The van der Waals surface area contributed by atoms with Gasteiger partial charge in [-0.1, -0.05) is 0 Å². The smallest absolute Gasteiger partial charge is 0.309 e. The lowest BCUT2D eigenvalue weighted by Gasteiger charge is -2.41. The minimum atomic E-state index is -1.54. The quantitative estimate of drug-likeness (QED) is 0.157. The minimum absolute atomic E-state index is 0.286. The van der Waals surface area contributed by atoms with Gasteiger partial charge in [0.2, 0.25) is 5.82 Å². The van der Waals surface area contributed by atoms with Crippen molar-refractivity contribution in [3.05, 3.63) is 12.2 Å². The van der Waals surface area contributed by atoms with E-state index in [9.17, 15) is 40.2 Å². The van der Waals surface area contributed by atoms with E-state index in [0.29, 0.717) is 25.7 Å². The van der Waals surface area contributed by atoms with Gasteiger partial charge in [-0.15, -0.1) is 5.10 Å². The maximum Gasteiger partial charge on any atom is 0.309 e. The number of nitrogens with zero attached hydrogens (tertiary/aromatic N) is 3. The zero-order valence-corrected chi connectivity index (χ0v) is 19.7. The second-order valence-electron chi connectivity index (χ2n) is 9.40. The van der Waals surface area contributed by atoms with Gasteiger partial charge in [-0.2, -0.15) is 0 Å². The fourth-order valence-electron chi connectivity index (χ4n) is 4.68. The molecule has 1 amide bonds. The number of carbonyl (C=O) groups is 2. The number of primary amides is 1. The van der Waals surface area contributed by atoms with Crippen LogP contribution in [0.5, 0.6) is 0 Å². The summed E-state index contributed by atoms with van der Waals surface area (Å²) in [5.74, 6) is -2.13. The Morgan fingerprint density at radius 2 is 1.65 bits per heavy atom. The molecular weight excluding hydrogens is 500 g/mol. The minimum Gasteiger partial charge on any atom is -0.463 e. The normalized spacial score (nSPS) is 40.4. The van der Waals surface area contributed by atoms with E-state index in [1.165, 1.54) is 0 Å². The maximum atomic E-state index is 12.6. The molecule has 1 aromatic rings. The van der Waals surface area contributed by atoms with E-state index in [2.05, 4.69) is 10.1 Å². The topological polar surface area (TPSA) is 249 Å². The van der Waals surface area contributed by atoms with Gasteiger partial charge in [0.25, 0.3) is 5.91 Å². The number of hydrogen-bond donors (Lipinski definition) is 7. The van der Waals surface area contributed by atoms with Crippen LogP contribution >= 0.6 is 0 Å². The Labute approximate surface area is 210 Å². The largest absolute Gasteiger partial charge is 0.463 e. The molecule has 4 rings (SSSR count). The number of esters is 1. The Kier molecular flexibility index (Phi) is 8.72. The first-order valence-corrected chi connectivity index (χ1v) is 12.0. The second-order valence-corrected chi connectivity index (χ2v) is 9.40. The number of nitrogens with two attached hydrogens (primary N) is 1. The van der Waals surface area contributed by atoms with E-state index in [1.807, 2.05) is 0 Å². The van der Waals surface area contributed by atoms with Crippen molar-refractivity contribution in [3.63, 3.8) is 0 Å². The summed E-state index contributed by atoms with van der Waals surface area (Å²) in [6.07, 6.45) is -9.47. The Morgan fingerprint density at radius 1 is 0.973 bits per heavy atom. The number of hydrogen-bond acceptors (Lipinski definition) is 14. The number of carbonyl (C=O) groups excluding carboxylic acids is 2. The molecule has 16 nitrogen and oxygen atoms in total. The molecule has 7 unspecified atom stereocenters. The first-order valence-electron chi connectivity index (χ1n) is 12.0. The molecule has 2 saturated heterocycles. The highest BCUT2D eigenvalue weighted by Crippen LogP contribution is 2.32. The average Bonchev–Trinajstić information content (AvgIpc) is 3.49. The van der Waals surface area contributed by atoms with Crippen LogP contribution in [0.3, 0.4) is 0 Å². The summed E-state index contributed by atoms with van der Waals surface area (Å²) < 4.78 is 23.0. The zero-order valence-electron chi connectivity index (χ0n) is 19.7. The van der Waals surface area contributed by atoms with Gasteiger partial charge >= 0.3 is 5.97 Å². The fraction of sp³-hybridized carbons (Fsp3) is 0.810. The van der Waals surface area contributed by atoms with Gasteiger partial charge in [0.05, 0.1) is 18.6 Å². The standard InChI is InChI=1S/C21H32N4O12/c22-17(32)18-23-7-25(24-18)19-15(30)13(28)11(36-19)6-34-20(33)8-1-3-9(4-2-8)35-21-16(31)14(29)12(27)10(5-26)37-21/h7-16,19,21,26-31H,1-6H2,(H2,22,32)/t8?,9?,10?,11?,12?,13-,14?,15-,16?,19?,21?/m1/s1. The first-order chi connectivity index (χ1) is 17.6. The van der Waals surface area contributed by atoms with Gasteiger partial charge < -0.3 is 55.3 Å². The summed E-state index contributed by atoms with van der Waals surface area (Å²) in [4.78, 5) is 27.5. The molecule has 9 atom stereocenters. The van der Waals surface area contributed by atoms with Crippen LogP contribution in [0.4, 0.5) is 0 Å². The van der Waals surface area contributed by atoms with Crippen molar-refractivity contribution >= 4 is 11.9 Å². The monoisotopic (exact) mass is 532 g/mol. The third kappa shape index (κ3) is 5.92. The second kappa shape index (κ2) is 11.6. The number of aliphatic hydroxyl groups excluding tert-OH is 6. The van der Waals surface area contributed by atoms with Crippen molar-refractivity contribution in [2.24, 2.45) is 11.7 Å². The molecule has 3 heterocycles. The van der Waals surface area contributed by atoms with E-state index < -0.39 is 85.8 Å². The molecule has 0 radical (unpaired) electrons. The molecule has 0 bridgehead atoms. The predicted molar refractivity (Wildman–Crippen MR) is 116 cm³/mol. The molecule has 37 heavy (non-hydrogen) atoms. The highest BCUT2D eigenvalue weighted by Gasteiger charge is 2.46. The molecule has 208 valence electrons. The number of amides is 1. The van der Waals surface area contributed by atoms with Crippen LogP contribution in [0.1, 0.15) is 42.5 Å². The Hall–Kier alpha value is -2.28. The van der Waals surface area contributed by atoms with Crippen LogP contribution in [0.25, 0.3) is 0 Å². The van der Waals surface area contributed by atoms with Crippen LogP contribution in [-0.4, -0.2) is 126 Å². The molecule has 1 aliphatic carbocycles. The highest BCUT2D eigenvalue weighted by atomic mass is 16.7. The van der Waals surface area contributed by atoms with Crippen molar-refractivity contribution < 1.29 is 59.2 Å². The SMILES string of the molecule is NC(=O)c1ncn(C2OC(COC(=O)C3CCC(OC4OC(CO)C(O)C(O)C4O)CC3)[C@@H](O)[C@H]2O)n1. The Balaban J connectivity index is 1.23. The third-order valence-electron chi connectivity index (χ3n) is 6.90. The molecule has 0 aromatic carbocycles. The van der Waals surface area contributed by atoms with Crippen LogP contribution in [-0.2, 0) is 23.7 Å². The van der Waals surface area contributed by atoms with Crippen LogP contribution in [0, 0.1) is 5.92 Å². The molecule has 3 aliphatic rings. The Bertz CT molecular complexity index is 938. The molecule has 1 aromatic heterocycles. The maximum absolute atomic E-state index is 12.6. The summed E-state index contributed by atoms with van der Waals surface area (Å²) >= 11 is 0. The highest BCUT2D eigenvalue weighted by molar-refractivity contribution is 5.88. The van der Waals surface area contributed by atoms with E-state index in [4.69, 9.17) is 24.7 Å². The fourth-order valence-corrected chi connectivity index (χ4v) is 4.68.